The summed E-state index contributed by atoms with van der Waals surface area (Å²) in [7, 11) is 3.00. The zero-order valence-corrected chi connectivity index (χ0v) is 33.3. The highest BCUT2D eigenvalue weighted by molar-refractivity contribution is 7.99. The number of aryl methyl sites for hydroxylation is 1. The molecule has 1 unspecified atom stereocenters. The molecule has 4 bridgehead atoms. The number of piperazine rings is 1. The number of hydrogen-bond acceptors (Lipinski definition) is 15. The first kappa shape index (κ1) is 37.7. The topological polar surface area (TPSA) is 181 Å². The second-order valence-corrected chi connectivity index (χ2v) is 16.8. The van der Waals surface area contributed by atoms with E-state index in [1.54, 1.807) is 12.1 Å². The van der Waals surface area contributed by atoms with E-state index in [1.807, 2.05) is 26.8 Å². The molecule has 7 atom stereocenters. The first-order valence-electron chi connectivity index (χ1n) is 19.5. The maximum Gasteiger partial charge on any atom is 0.331 e. The number of nitrogens with zero attached hydrogens (tertiary/aromatic N) is 2. The van der Waals surface area contributed by atoms with E-state index in [0.717, 1.165) is 23.1 Å². The second-order valence-electron chi connectivity index (χ2n) is 15.6. The molecule has 10 rings (SSSR count). The Bertz CT molecular complexity index is 2240. The third-order valence-corrected chi connectivity index (χ3v) is 14.1. The summed E-state index contributed by atoms with van der Waals surface area (Å²) >= 11 is 1.48. The number of hydrogen-bond donors (Lipinski definition) is 4. The quantitative estimate of drug-likeness (QED) is 0.197. The van der Waals surface area contributed by atoms with Crippen molar-refractivity contribution in [1.82, 2.24) is 15.5 Å². The second kappa shape index (κ2) is 14.2. The Morgan fingerprint density at radius 3 is 2.63 bits per heavy atom. The number of phenolic OH excluding ortho intramolecular Hbond substituents is 2. The van der Waals surface area contributed by atoms with Crippen LogP contribution in [-0.2, 0) is 32.7 Å². The summed E-state index contributed by atoms with van der Waals surface area (Å²) in [6, 6.07) is 5.11. The van der Waals surface area contributed by atoms with Crippen LogP contribution in [0.25, 0.3) is 0 Å². The number of aromatic hydroxyl groups is 2. The van der Waals surface area contributed by atoms with Crippen molar-refractivity contribution in [3.05, 3.63) is 62.7 Å². The SMILES string of the molecule is CCCCC(=O)Oc1c(C)c2c(c3c1[C@H]1SC[C@]4(NCCc5cc(O)c(OC)cc54)C(=O)OC[C@@H]3N3C1[C@H]1N[C@H](Cc4cc(C)c(OC)c(O)c41)[C@@H]3C#N)OCO2. The molecule has 7 aliphatic heterocycles. The van der Waals surface area contributed by atoms with Gasteiger partial charge in [0.1, 0.15) is 18.4 Å². The zero-order valence-electron chi connectivity index (χ0n) is 32.5. The normalized spacial score (nSPS) is 28.0. The number of phenols is 2. The van der Waals surface area contributed by atoms with Crippen molar-refractivity contribution >= 4 is 23.7 Å². The molecule has 0 amide bonds. The van der Waals surface area contributed by atoms with Crippen LogP contribution < -0.4 is 34.3 Å². The minimum absolute atomic E-state index is 0.0225. The smallest absolute Gasteiger partial charge is 0.331 e. The van der Waals surface area contributed by atoms with Crippen molar-refractivity contribution in [3.8, 4) is 46.3 Å². The van der Waals surface area contributed by atoms with Crippen LogP contribution in [0.2, 0.25) is 0 Å². The number of nitrogens with one attached hydrogen (secondary N) is 2. The number of methoxy groups -OCH3 is 2. The molecule has 0 radical (unpaired) electrons. The van der Waals surface area contributed by atoms with Gasteiger partial charge in [-0.3, -0.25) is 15.0 Å². The number of esters is 2. The van der Waals surface area contributed by atoms with Gasteiger partial charge >= 0.3 is 11.9 Å². The van der Waals surface area contributed by atoms with Gasteiger partial charge in [-0.25, -0.2) is 4.79 Å². The van der Waals surface area contributed by atoms with Gasteiger partial charge in [0.25, 0.3) is 0 Å². The van der Waals surface area contributed by atoms with Crippen LogP contribution in [0.15, 0.2) is 18.2 Å². The summed E-state index contributed by atoms with van der Waals surface area (Å²) in [6.07, 6.45) is 2.71. The number of nitriles is 1. The van der Waals surface area contributed by atoms with Gasteiger partial charge in [0, 0.05) is 53.1 Å². The summed E-state index contributed by atoms with van der Waals surface area (Å²) < 4.78 is 36.5. The van der Waals surface area contributed by atoms with Gasteiger partial charge in [-0.1, -0.05) is 19.4 Å². The molecule has 2 saturated heterocycles. The maximum atomic E-state index is 14.8. The summed E-state index contributed by atoms with van der Waals surface area (Å²) in [5.74, 6) is 1.14. The molecular weight excluding hydrogens is 753 g/mol. The summed E-state index contributed by atoms with van der Waals surface area (Å²) in [5, 5.41) is 40.6. The zero-order chi connectivity index (χ0) is 39.9. The van der Waals surface area contributed by atoms with Crippen LogP contribution in [-0.4, -0.2) is 85.1 Å². The molecule has 3 aromatic carbocycles. The number of carbonyl (C=O) groups excluding carboxylic acids is 2. The van der Waals surface area contributed by atoms with E-state index in [4.69, 9.17) is 28.4 Å². The molecule has 15 heteroatoms. The Balaban J connectivity index is 1.31. The Kier molecular flexibility index (Phi) is 9.38. The van der Waals surface area contributed by atoms with E-state index in [9.17, 15) is 25.1 Å². The Hall–Kier alpha value is -4.88. The summed E-state index contributed by atoms with van der Waals surface area (Å²) in [4.78, 5) is 30.6. The van der Waals surface area contributed by atoms with Gasteiger partial charge < -0.3 is 44.0 Å². The molecule has 1 spiro atoms. The van der Waals surface area contributed by atoms with Crippen LogP contribution in [0.1, 0.15) is 88.0 Å². The number of fused-ring (bicyclic) bond motifs is 9. The third kappa shape index (κ3) is 5.55. The lowest BCUT2D eigenvalue weighted by molar-refractivity contribution is -0.155. The molecule has 0 saturated carbocycles. The first-order chi connectivity index (χ1) is 27.6. The molecule has 4 N–H and O–H groups in total. The highest BCUT2D eigenvalue weighted by atomic mass is 32.2. The van der Waals surface area contributed by atoms with Gasteiger partial charge in [0.2, 0.25) is 6.79 Å². The predicted molar refractivity (Wildman–Crippen MR) is 207 cm³/mol. The van der Waals surface area contributed by atoms with E-state index in [-0.39, 0.29) is 54.8 Å². The van der Waals surface area contributed by atoms with E-state index < -0.39 is 40.9 Å². The largest absolute Gasteiger partial charge is 0.504 e. The minimum atomic E-state index is -1.36. The number of rotatable bonds is 6. The molecule has 57 heavy (non-hydrogen) atoms. The highest BCUT2D eigenvalue weighted by Gasteiger charge is 2.60. The van der Waals surface area contributed by atoms with Crippen LogP contribution in [0.3, 0.4) is 0 Å². The highest BCUT2D eigenvalue weighted by Crippen LogP contribution is 2.63. The van der Waals surface area contributed by atoms with Crippen LogP contribution in [0.5, 0.6) is 40.2 Å². The Labute approximate surface area is 334 Å². The standard InChI is InChI=1S/C42H46N4O10S/c1-6-7-8-29(48)56-37-20(3)38-39(55-18-54-38)31-26-16-53-41(50)42(23-14-28(51-4)27(47)13-21(23)9-10-44-42)17-57-40(32(31)37)34-33-30-22(11-19(2)36(52-5)35(30)49)12-24(45-33)25(15-43)46(26)34/h11,13-14,24-26,33-34,40,44-45,47,49H,6-10,12,16-18H2,1-5H3/t24-,25+,26+,33+,34?,40-,42-/m1/s1. The lowest BCUT2D eigenvalue weighted by atomic mass is 9.72. The number of benzene rings is 3. The average molecular weight is 799 g/mol. The molecule has 2 fully saturated rings. The maximum absolute atomic E-state index is 14.8. The fourth-order valence-electron chi connectivity index (χ4n) is 10.1. The molecule has 14 nitrogen and oxygen atoms in total. The molecule has 7 heterocycles. The number of carbonyl (C=O) groups is 2. The fourth-order valence-corrected chi connectivity index (χ4v) is 11.8. The van der Waals surface area contributed by atoms with E-state index >= 15 is 0 Å². The Morgan fingerprint density at radius 1 is 1.07 bits per heavy atom. The van der Waals surface area contributed by atoms with Gasteiger partial charge in [-0.2, -0.15) is 5.26 Å². The molecular formula is C42H46N4O10S. The molecule has 7 aliphatic rings. The van der Waals surface area contributed by atoms with Crippen LogP contribution in [0, 0.1) is 25.2 Å². The Morgan fingerprint density at radius 2 is 1.88 bits per heavy atom. The van der Waals surface area contributed by atoms with Gasteiger partial charge in [0.15, 0.2) is 40.0 Å². The van der Waals surface area contributed by atoms with Crippen molar-refractivity contribution in [2.45, 2.75) is 93.9 Å². The van der Waals surface area contributed by atoms with Crippen molar-refractivity contribution < 1.29 is 48.2 Å². The van der Waals surface area contributed by atoms with E-state index in [2.05, 4.69) is 21.6 Å². The predicted octanol–water partition coefficient (Wildman–Crippen LogP) is 4.82. The van der Waals surface area contributed by atoms with Crippen LogP contribution in [0.4, 0.5) is 0 Å². The van der Waals surface area contributed by atoms with Gasteiger partial charge in [-0.05, 0) is 67.5 Å². The average Bonchev–Trinajstić information content (AvgIpc) is 3.70. The van der Waals surface area contributed by atoms with Crippen molar-refractivity contribution in [1.29, 1.82) is 5.26 Å². The minimum Gasteiger partial charge on any atom is -0.504 e. The molecule has 0 aromatic heterocycles. The molecule has 300 valence electrons. The van der Waals surface area contributed by atoms with Crippen molar-refractivity contribution in [2.24, 2.45) is 0 Å². The molecule has 3 aromatic rings. The van der Waals surface area contributed by atoms with Crippen LogP contribution >= 0.6 is 11.8 Å². The number of ether oxygens (including phenoxy) is 6. The summed E-state index contributed by atoms with van der Waals surface area (Å²) in [6.45, 7) is 5.97. The fraction of sp³-hybridized carbons (Fsp3) is 0.500. The monoisotopic (exact) mass is 798 g/mol. The van der Waals surface area contributed by atoms with Gasteiger partial charge in [-0.15, -0.1) is 11.8 Å². The van der Waals surface area contributed by atoms with E-state index in [0.29, 0.717) is 76.6 Å². The van der Waals surface area contributed by atoms with E-state index in [1.165, 1.54) is 26.0 Å². The van der Waals surface area contributed by atoms with Gasteiger partial charge in [0.05, 0.1) is 37.6 Å². The molecule has 0 aliphatic carbocycles. The van der Waals surface area contributed by atoms with Crippen molar-refractivity contribution in [3.63, 3.8) is 0 Å². The number of unbranched alkanes of at least 4 members (excludes halogenated alkanes) is 1. The third-order valence-electron chi connectivity index (χ3n) is 12.6. The van der Waals surface area contributed by atoms with Crippen molar-refractivity contribution in [2.75, 3.05) is 39.9 Å². The number of thioether (sulfide) groups is 1. The first-order valence-corrected chi connectivity index (χ1v) is 20.5. The summed E-state index contributed by atoms with van der Waals surface area (Å²) in [5.41, 5.74) is 4.41. The lowest BCUT2D eigenvalue weighted by Crippen LogP contribution is -2.69. The lowest BCUT2D eigenvalue weighted by Gasteiger charge is -2.59.